The first-order chi connectivity index (χ1) is 21.2. The van der Waals surface area contributed by atoms with Crippen LogP contribution in [0, 0.1) is 0 Å². The molecule has 0 bridgehead atoms. The fraction of sp³-hybridized carbons (Fsp3) is 0.179. The van der Waals surface area contributed by atoms with Crippen LogP contribution in [-0.2, 0) is 20.3 Å². The summed E-state index contributed by atoms with van der Waals surface area (Å²) in [5.74, 6) is -1.05. The van der Waals surface area contributed by atoms with Crippen molar-refractivity contribution < 1.29 is 19.1 Å². The third-order valence-electron chi connectivity index (χ3n) is 9.06. The first kappa shape index (κ1) is 27.7. The highest BCUT2D eigenvalue weighted by Crippen LogP contribution is 2.63. The molecule has 0 aromatic heterocycles. The molecule has 7 rings (SSSR count). The van der Waals surface area contributed by atoms with Crippen molar-refractivity contribution >= 4 is 29.0 Å². The van der Waals surface area contributed by atoms with Crippen LogP contribution in [0.2, 0.25) is 0 Å². The van der Waals surface area contributed by atoms with Crippen LogP contribution < -0.4 is 4.90 Å². The molecule has 0 amide bonds. The molecular weight excluding hydrogens is 546 g/mol. The Bertz CT molecular complexity index is 1850. The summed E-state index contributed by atoms with van der Waals surface area (Å²) in [5, 5.41) is 0. The van der Waals surface area contributed by atoms with Crippen LogP contribution in [0.3, 0.4) is 0 Å². The summed E-state index contributed by atoms with van der Waals surface area (Å²) >= 11 is 0. The van der Waals surface area contributed by atoms with Gasteiger partial charge in [-0.2, -0.15) is 0 Å². The van der Waals surface area contributed by atoms with Crippen molar-refractivity contribution in [3.05, 3.63) is 148 Å². The molecule has 0 saturated carbocycles. The number of rotatable bonds is 3. The Morgan fingerprint density at radius 3 is 1.39 bits per heavy atom. The number of fused-ring (bicyclic) bond motifs is 9. The minimum atomic E-state index is -0.612. The van der Waals surface area contributed by atoms with Gasteiger partial charge in [0.1, 0.15) is 0 Å². The molecule has 0 N–H and O–H groups in total. The van der Waals surface area contributed by atoms with E-state index in [2.05, 4.69) is 84.9 Å². The maximum Gasteiger partial charge on any atom is 0.340 e. The van der Waals surface area contributed by atoms with Gasteiger partial charge < -0.3 is 14.4 Å². The largest absolute Gasteiger partial charge is 0.465 e. The molecule has 1 spiro atoms. The first-order valence-electron chi connectivity index (χ1n) is 14.8. The molecule has 5 aromatic carbocycles. The maximum absolute atomic E-state index is 13.6. The number of anilines is 3. The number of methoxy groups -OCH3 is 2. The van der Waals surface area contributed by atoms with E-state index in [1.165, 1.54) is 36.5 Å². The van der Waals surface area contributed by atoms with E-state index in [-0.39, 0.29) is 5.41 Å². The highest BCUT2D eigenvalue weighted by molar-refractivity contribution is 6.09. The summed E-state index contributed by atoms with van der Waals surface area (Å²) in [6.07, 6.45) is 0. The molecule has 0 atom stereocenters. The van der Waals surface area contributed by atoms with Gasteiger partial charge in [0.25, 0.3) is 0 Å². The van der Waals surface area contributed by atoms with E-state index in [0.29, 0.717) is 16.8 Å². The molecule has 218 valence electrons. The zero-order valence-electron chi connectivity index (χ0n) is 25.5. The first-order valence-corrected chi connectivity index (χ1v) is 14.8. The zero-order chi connectivity index (χ0) is 30.8. The topological polar surface area (TPSA) is 55.8 Å². The van der Waals surface area contributed by atoms with Gasteiger partial charge >= 0.3 is 11.9 Å². The predicted molar refractivity (Wildman–Crippen MR) is 173 cm³/mol. The smallest absolute Gasteiger partial charge is 0.340 e. The van der Waals surface area contributed by atoms with Gasteiger partial charge in [0.15, 0.2) is 0 Å². The second kappa shape index (κ2) is 9.95. The highest BCUT2D eigenvalue weighted by atomic mass is 16.5. The van der Waals surface area contributed by atoms with Crippen LogP contribution in [0.5, 0.6) is 0 Å². The monoisotopic (exact) mass is 579 g/mol. The molecule has 5 aromatic rings. The van der Waals surface area contributed by atoms with Crippen LogP contribution in [0.4, 0.5) is 17.1 Å². The average Bonchev–Trinajstić information content (AvgIpc) is 3.34. The van der Waals surface area contributed by atoms with Gasteiger partial charge in [-0.05, 0) is 68.6 Å². The normalized spacial score (nSPS) is 13.9. The molecule has 1 aliphatic carbocycles. The van der Waals surface area contributed by atoms with Crippen LogP contribution in [-0.4, -0.2) is 26.2 Å². The number of nitrogens with zero attached hydrogens (tertiary/aromatic N) is 1. The van der Waals surface area contributed by atoms with Crippen molar-refractivity contribution in [3.63, 3.8) is 0 Å². The van der Waals surface area contributed by atoms with Gasteiger partial charge in [-0.15, -0.1) is 0 Å². The molecule has 0 unspecified atom stereocenters. The van der Waals surface area contributed by atoms with Crippen molar-refractivity contribution in [2.75, 3.05) is 19.1 Å². The second-order valence-corrected chi connectivity index (χ2v) is 12.4. The molecule has 5 heteroatoms. The third kappa shape index (κ3) is 3.72. The summed E-state index contributed by atoms with van der Waals surface area (Å²) in [6, 6.07) is 37.5. The number of esters is 2. The van der Waals surface area contributed by atoms with Crippen LogP contribution >= 0.6 is 0 Å². The molecule has 5 nitrogen and oxygen atoms in total. The summed E-state index contributed by atoms with van der Waals surface area (Å²) in [4.78, 5) is 29.3. The number of carbonyl (C=O) groups excluding carboxylic acids is 2. The minimum absolute atomic E-state index is 0.299. The van der Waals surface area contributed by atoms with Crippen LogP contribution in [0.1, 0.15) is 69.3 Å². The summed E-state index contributed by atoms with van der Waals surface area (Å²) in [7, 11) is 2.74. The molecular formula is C39H33NO4. The lowest BCUT2D eigenvalue weighted by Gasteiger charge is -2.45. The Morgan fingerprint density at radius 1 is 0.591 bits per heavy atom. The van der Waals surface area contributed by atoms with Gasteiger partial charge in [0, 0.05) is 0 Å². The van der Waals surface area contributed by atoms with E-state index in [9.17, 15) is 9.59 Å². The zero-order valence-corrected chi connectivity index (χ0v) is 25.5. The molecule has 0 radical (unpaired) electrons. The van der Waals surface area contributed by atoms with E-state index in [1.54, 1.807) is 0 Å². The van der Waals surface area contributed by atoms with Gasteiger partial charge in [-0.3, -0.25) is 0 Å². The second-order valence-electron chi connectivity index (χ2n) is 12.4. The number of ether oxygens (including phenoxy) is 2. The van der Waals surface area contributed by atoms with Crippen LogP contribution in [0.15, 0.2) is 109 Å². The number of hydrogen-bond donors (Lipinski definition) is 0. The Labute approximate surface area is 257 Å². The van der Waals surface area contributed by atoms with Crippen molar-refractivity contribution in [1.29, 1.82) is 0 Å². The molecule has 2 aliphatic rings. The Balaban J connectivity index is 1.64. The fourth-order valence-electron chi connectivity index (χ4n) is 7.14. The fourth-order valence-corrected chi connectivity index (χ4v) is 7.14. The molecule has 0 saturated heterocycles. The van der Waals surface area contributed by atoms with Crippen molar-refractivity contribution in [3.8, 4) is 11.1 Å². The summed E-state index contributed by atoms with van der Waals surface area (Å²) in [5.41, 5.74) is 9.56. The molecule has 44 heavy (non-hydrogen) atoms. The lowest BCUT2D eigenvalue weighted by Crippen LogP contribution is -2.37. The quantitative estimate of drug-likeness (QED) is 0.196. The molecule has 0 fully saturated rings. The number of para-hydroxylation sites is 2. The van der Waals surface area contributed by atoms with Crippen LogP contribution in [0.25, 0.3) is 11.1 Å². The van der Waals surface area contributed by atoms with E-state index in [0.717, 1.165) is 28.1 Å². The third-order valence-corrected chi connectivity index (χ3v) is 9.06. The van der Waals surface area contributed by atoms with Crippen molar-refractivity contribution in [1.82, 2.24) is 0 Å². The summed E-state index contributed by atoms with van der Waals surface area (Å²) in [6.45, 7) is 6.15. The Hall–Kier alpha value is -5.16. The van der Waals surface area contributed by atoms with Gasteiger partial charge in [-0.1, -0.05) is 106 Å². The van der Waals surface area contributed by atoms with E-state index in [4.69, 9.17) is 9.47 Å². The van der Waals surface area contributed by atoms with E-state index in [1.807, 2.05) is 49.9 Å². The van der Waals surface area contributed by atoms with E-state index < -0.39 is 17.4 Å². The standard InChI is InChI=1S/C39H33NO4/c1-38(2,3)24-22-27(36(41)43-4)35(28(23-24)37(42)44-5)40-33-20-12-10-18-31(33)39(32-19-11-13-21-34(32)40)29-16-8-6-14-25(29)26-15-7-9-17-30(26)39/h6-23H,1-5H3. The number of hydrogen-bond acceptors (Lipinski definition) is 5. The summed E-state index contributed by atoms with van der Waals surface area (Å²) < 4.78 is 10.7. The van der Waals surface area contributed by atoms with Crippen molar-refractivity contribution in [2.45, 2.75) is 31.6 Å². The van der Waals surface area contributed by atoms with Gasteiger partial charge in [0.05, 0.1) is 47.8 Å². The van der Waals surface area contributed by atoms with Crippen molar-refractivity contribution in [2.24, 2.45) is 0 Å². The predicted octanol–water partition coefficient (Wildman–Crippen LogP) is 8.70. The lowest BCUT2D eigenvalue weighted by atomic mass is 9.64. The molecule has 1 heterocycles. The van der Waals surface area contributed by atoms with Gasteiger partial charge in [0.2, 0.25) is 0 Å². The minimum Gasteiger partial charge on any atom is -0.465 e. The molecule has 1 aliphatic heterocycles. The number of benzene rings is 5. The van der Waals surface area contributed by atoms with Gasteiger partial charge in [-0.25, -0.2) is 9.59 Å². The Morgan fingerprint density at radius 2 is 0.977 bits per heavy atom. The van der Waals surface area contributed by atoms with E-state index >= 15 is 0 Å². The average molecular weight is 580 g/mol. The number of carbonyl (C=O) groups is 2. The lowest BCUT2D eigenvalue weighted by molar-refractivity contribution is 0.0600. The Kier molecular flexibility index (Phi) is 6.26. The maximum atomic E-state index is 13.6. The SMILES string of the molecule is COC(=O)c1cc(C(C)(C)C)cc(C(=O)OC)c1N1c2ccccc2C2(c3ccccc3-c3ccccc32)c2ccccc21. The highest BCUT2D eigenvalue weighted by Gasteiger charge is 2.52.